The molecule has 0 spiro atoms. The van der Waals surface area contributed by atoms with Crippen molar-refractivity contribution in [3.8, 4) is 46.5 Å². The Bertz CT molecular complexity index is 2280. The van der Waals surface area contributed by atoms with Crippen LogP contribution in [0.25, 0.3) is 22.8 Å². The van der Waals surface area contributed by atoms with E-state index in [2.05, 4.69) is 27.4 Å². The van der Waals surface area contributed by atoms with Gasteiger partial charge in [-0.2, -0.15) is 15.5 Å². The number of carbonyl (C=O) groups is 1. The van der Waals surface area contributed by atoms with Crippen LogP contribution < -0.4 is 15.2 Å². The molecule has 2 fully saturated rings. The molecule has 0 atom stereocenters. The van der Waals surface area contributed by atoms with Crippen molar-refractivity contribution in [3.05, 3.63) is 117 Å². The van der Waals surface area contributed by atoms with Crippen LogP contribution in [0.1, 0.15) is 80.4 Å². The number of halogens is 2. The molecule has 12 nitrogen and oxygen atoms in total. The lowest BCUT2D eigenvalue weighted by Crippen LogP contribution is -2.13. The van der Waals surface area contributed by atoms with E-state index >= 15 is 0 Å². The molecule has 7 rings (SSSR count). The van der Waals surface area contributed by atoms with Crippen molar-refractivity contribution >= 4 is 35.0 Å². The molecule has 0 bridgehead atoms. The van der Waals surface area contributed by atoms with E-state index in [0.717, 1.165) is 47.9 Å². The van der Waals surface area contributed by atoms with Gasteiger partial charge >= 0.3 is 5.97 Å². The number of ether oxygens (including phenoxy) is 2. The Hall–Kier alpha value is -6.08. The first-order valence-corrected chi connectivity index (χ1v) is 18.5. The Balaban J connectivity index is 0.000000176. The fraction of sp³-hybridized carbons (Fsp3) is 0.286. The van der Waals surface area contributed by atoms with Gasteiger partial charge < -0.3 is 30.0 Å². The molecule has 56 heavy (non-hydrogen) atoms. The number of nitrogens with two attached hydrogens (primary N) is 1. The number of benzene rings is 4. The summed E-state index contributed by atoms with van der Waals surface area (Å²) in [6, 6.07) is 29.4. The first-order valence-electron chi connectivity index (χ1n) is 17.7. The average molecular weight is 796 g/mol. The number of aromatic nitrogens is 2. The number of carboxylic acids is 1. The summed E-state index contributed by atoms with van der Waals surface area (Å²) < 4.78 is 16.5. The fourth-order valence-corrected chi connectivity index (χ4v) is 6.01. The maximum atomic E-state index is 10.6. The maximum Gasteiger partial charge on any atom is 0.335 e. The summed E-state index contributed by atoms with van der Waals surface area (Å²) in [5.74, 6) is 1.19. The van der Waals surface area contributed by atoms with E-state index in [-0.39, 0.29) is 34.4 Å². The number of nitrogens with zero attached hydrogens (tertiary/aromatic N) is 5. The Labute approximate surface area is 334 Å². The summed E-state index contributed by atoms with van der Waals surface area (Å²) in [7, 11) is 0. The van der Waals surface area contributed by atoms with Gasteiger partial charge in [0.2, 0.25) is 5.82 Å². The lowest BCUT2D eigenvalue weighted by molar-refractivity contribution is 0.0696. The van der Waals surface area contributed by atoms with Crippen LogP contribution in [0.3, 0.4) is 0 Å². The zero-order valence-electron chi connectivity index (χ0n) is 31.2. The Morgan fingerprint density at radius 3 is 1.68 bits per heavy atom. The molecule has 4 aromatic carbocycles. The number of nitriles is 2. The molecule has 288 valence electrons. The third-order valence-electron chi connectivity index (χ3n) is 8.97. The van der Waals surface area contributed by atoms with Gasteiger partial charge in [-0.25, -0.2) is 4.79 Å². The van der Waals surface area contributed by atoms with Gasteiger partial charge in [0.05, 0.1) is 50.8 Å². The second-order valence-corrected chi connectivity index (χ2v) is 14.7. The summed E-state index contributed by atoms with van der Waals surface area (Å²) in [4.78, 5) is 15.0. The third-order valence-corrected chi connectivity index (χ3v) is 9.56. The van der Waals surface area contributed by atoms with Crippen LogP contribution in [-0.2, 0) is 10.8 Å². The molecule has 5 aromatic rings. The van der Waals surface area contributed by atoms with E-state index in [9.17, 15) is 10.1 Å². The van der Waals surface area contributed by atoms with Gasteiger partial charge in [0.25, 0.3) is 5.89 Å². The number of aromatic carboxylic acids is 1. The van der Waals surface area contributed by atoms with Crippen LogP contribution in [0.15, 0.2) is 94.6 Å². The highest BCUT2D eigenvalue weighted by Gasteiger charge is 2.45. The van der Waals surface area contributed by atoms with Gasteiger partial charge in [-0.15, -0.1) is 0 Å². The molecule has 14 heteroatoms. The van der Waals surface area contributed by atoms with Crippen molar-refractivity contribution in [1.82, 2.24) is 10.1 Å². The Kier molecular flexibility index (Phi) is 12.9. The molecule has 1 aromatic heterocycles. The average Bonchev–Trinajstić information content (AvgIpc) is 4.12. The highest BCUT2D eigenvalue weighted by molar-refractivity contribution is 6.32. The van der Waals surface area contributed by atoms with Gasteiger partial charge in [0.15, 0.2) is 5.84 Å². The molecule has 4 N–H and O–H groups in total. The van der Waals surface area contributed by atoms with E-state index in [1.165, 1.54) is 0 Å². The predicted molar refractivity (Wildman–Crippen MR) is 212 cm³/mol. The lowest BCUT2D eigenvalue weighted by Gasteiger charge is -2.11. The summed E-state index contributed by atoms with van der Waals surface area (Å²) in [5, 5.41) is 43.3. The minimum atomic E-state index is -0.932. The molecule has 2 saturated carbocycles. The van der Waals surface area contributed by atoms with Crippen molar-refractivity contribution in [3.63, 3.8) is 0 Å². The van der Waals surface area contributed by atoms with Crippen molar-refractivity contribution in [2.24, 2.45) is 10.9 Å². The number of oxime groups is 1. The molecule has 0 unspecified atom stereocenters. The van der Waals surface area contributed by atoms with E-state index in [1.807, 2.05) is 58.0 Å². The van der Waals surface area contributed by atoms with Crippen molar-refractivity contribution in [2.45, 2.75) is 76.4 Å². The minimum Gasteiger partial charge on any atom is -0.489 e. The number of carboxylic acid groups (broad SMARTS) is 1. The van der Waals surface area contributed by atoms with Crippen LogP contribution in [-0.4, -0.2) is 44.5 Å². The van der Waals surface area contributed by atoms with Crippen LogP contribution in [0.4, 0.5) is 0 Å². The molecule has 0 amide bonds. The summed E-state index contributed by atoms with van der Waals surface area (Å²) in [5.41, 5.74) is 9.16. The molecule has 2 aliphatic rings. The SMILES string of the molecule is CC(C)Oc1ccc(-c2noc(-c3ccc(C4(C#N)CC4)cc3)n2)cc1Cl.CC(C)Oc1ccc(/C(N)=N/O)cc1Cl.N#CC1(c2ccc(C(=O)O)cc2)CC1. The molecule has 0 aliphatic heterocycles. The first kappa shape index (κ1) is 41.1. The Morgan fingerprint density at radius 1 is 0.786 bits per heavy atom. The number of hydrogen-bond donors (Lipinski definition) is 3. The van der Waals surface area contributed by atoms with Crippen molar-refractivity contribution in [2.75, 3.05) is 0 Å². The molecule has 0 radical (unpaired) electrons. The largest absolute Gasteiger partial charge is 0.489 e. The van der Waals surface area contributed by atoms with E-state index in [1.54, 1.807) is 54.6 Å². The number of rotatable bonds is 10. The van der Waals surface area contributed by atoms with Crippen molar-refractivity contribution < 1.29 is 29.1 Å². The first-order chi connectivity index (χ1) is 26.7. The highest BCUT2D eigenvalue weighted by atomic mass is 35.5. The minimum absolute atomic E-state index is 0.0213. The third kappa shape index (κ3) is 9.96. The van der Waals surface area contributed by atoms with Gasteiger partial charge in [-0.05, 0) is 125 Å². The summed E-state index contributed by atoms with van der Waals surface area (Å²) >= 11 is 12.2. The molecule has 1 heterocycles. The fourth-order valence-electron chi connectivity index (χ4n) is 5.56. The van der Waals surface area contributed by atoms with Crippen molar-refractivity contribution in [1.29, 1.82) is 10.5 Å². The molecular weight excluding hydrogens is 755 g/mol. The second kappa shape index (κ2) is 17.6. The smallest absolute Gasteiger partial charge is 0.335 e. The number of hydrogen-bond acceptors (Lipinski definition) is 10. The quantitative estimate of drug-likeness (QED) is 0.0526. The van der Waals surface area contributed by atoms with Gasteiger partial charge in [0.1, 0.15) is 11.5 Å². The topological polar surface area (TPSA) is 201 Å². The number of amidine groups is 1. The zero-order chi connectivity index (χ0) is 40.6. The zero-order valence-corrected chi connectivity index (χ0v) is 32.7. The summed E-state index contributed by atoms with van der Waals surface area (Å²) in [6.07, 6.45) is 3.71. The predicted octanol–water partition coefficient (Wildman–Crippen LogP) is 9.56. The van der Waals surface area contributed by atoms with Crippen LogP contribution in [0, 0.1) is 22.7 Å². The maximum absolute atomic E-state index is 10.6. The monoisotopic (exact) mass is 794 g/mol. The van der Waals surface area contributed by atoms with Gasteiger partial charge in [0, 0.05) is 16.7 Å². The molecular formula is C42H40Cl2N6O6. The lowest BCUT2D eigenvalue weighted by atomic mass is 9.97. The van der Waals surface area contributed by atoms with E-state index < -0.39 is 5.97 Å². The van der Waals surface area contributed by atoms with Crippen LogP contribution >= 0.6 is 23.2 Å². The van der Waals surface area contributed by atoms with Crippen LogP contribution in [0.5, 0.6) is 11.5 Å². The van der Waals surface area contributed by atoms with Gasteiger partial charge in [-0.1, -0.05) is 57.8 Å². The summed E-state index contributed by atoms with van der Waals surface area (Å²) in [6.45, 7) is 7.72. The Morgan fingerprint density at radius 2 is 1.25 bits per heavy atom. The molecule has 2 aliphatic carbocycles. The second-order valence-electron chi connectivity index (χ2n) is 13.9. The highest BCUT2D eigenvalue weighted by Crippen LogP contribution is 2.48. The van der Waals surface area contributed by atoms with E-state index in [4.69, 9.17) is 58.5 Å². The molecule has 0 saturated heterocycles. The van der Waals surface area contributed by atoms with Gasteiger partial charge in [-0.3, -0.25) is 0 Å². The normalized spacial score (nSPS) is 14.6. The standard InChI is InChI=1S/C21H18ClN3O2.C11H9NO2.C10H13ClN2O2/c1-13(2)26-18-8-5-15(11-17(18)22)19-24-20(27-25-19)14-3-6-16(7-4-14)21(12-23)9-10-21;12-7-11(5-6-11)9-3-1-8(2-4-9)10(13)14;1-6(2)15-9-4-3-7(5-8(9)11)10(12)13-14/h3-8,11,13H,9-10H2,1-2H3;1-4H,5-6H2,(H,13,14);3-6,14H,1-2H3,(H2,12,13). The van der Waals surface area contributed by atoms with E-state index in [0.29, 0.717) is 38.8 Å². The van der Waals surface area contributed by atoms with Crippen LogP contribution in [0.2, 0.25) is 10.0 Å².